The topological polar surface area (TPSA) is 50.8 Å². The number of rotatable bonds is 7. The molecule has 1 amide bonds. The summed E-state index contributed by atoms with van der Waals surface area (Å²) in [7, 11) is 0. The summed E-state index contributed by atoms with van der Waals surface area (Å²) >= 11 is 0. The second kappa shape index (κ2) is 8.63. The van der Waals surface area contributed by atoms with Gasteiger partial charge in [0.05, 0.1) is 13.2 Å². The van der Waals surface area contributed by atoms with E-state index in [1.165, 1.54) is 0 Å². The van der Waals surface area contributed by atoms with Crippen LogP contribution in [0, 0.1) is 0 Å². The van der Waals surface area contributed by atoms with Crippen molar-refractivity contribution in [1.29, 1.82) is 0 Å². The van der Waals surface area contributed by atoms with Crippen LogP contribution in [0.2, 0.25) is 0 Å². The highest BCUT2D eigenvalue weighted by Gasteiger charge is 2.16. The van der Waals surface area contributed by atoms with E-state index in [0.717, 1.165) is 49.7 Å². The van der Waals surface area contributed by atoms with Crippen LogP contribution >= 0.6 is 0 Å². The molecule has 0 spiro atoms. The van der Waals surface area contributed by atoms with E-state index in [0.29, 0.717) is 19.6 Å². The summed E-state index contributed by atoms with van der Waals surface area (Å²) in [6, 6.07) is 5.93. The highest BCUT2D eigenvalue weighted by molar-refractivity contribution is 5.76. The van der Waals surface area contributed by atoms with Gasteiger partial charge in [-0.25, -0.2) is 0 Å². The molecule has 5 heteroatoms. The molecule has 5 nitrogen and oxygen atoms in total. The van der Waals surface area contributed by atoms with Gasteiger partial charge in [0, 0.05) is 32.6 Å². The average Bonchev–Trinajstić information content (AvgIpc) is 2.56. The van der Waals surface area contributed by atoms with Gasteiger partial charge in [0.15, 0.2) is 11.5 Å². The lowest BCUT2D eigenvalue weighted by Crippen LogP contribution is -2.46. The Balaban J connectivity index is 1.94. The third kappa shape index (κ3) is 4.63. The van der Waals surface area contributed by atoms with E-state index in [-0.39, 0.29) is 5.91 Å². The van der Waals surface area contributed by atoms with Gasteiger partial charge in [-0.2, -0.15) is 0 Å². The smallest absolute Gasteiger partial charge is 0.222 e. The first-order valence-electron chi connectivity index (χ1n) is 8.11. The molecule has 0 aromatic heterocycles. The normalized spacial score (nSPS) is 14.7. The van der Waals surface area contributed by atoms with Gasteiger partial charge in [0.1, 0.15) is 0 Å². The zero-order valence-electron chi connectivity index (χ0n) is 13.6. The SMILES string of the molecule is CCOc1ccc(CCC(=O)N2CCNCC2)cc1OCC. The van der Waals surface area contributed by atoms with E-state index in [1.807, 2.05) is 36.9 Å². The van der Waals surface area contributed by atoms with Crippen LogP contribution in [0.3, 0.4) is 0 Å². The number of piperazine rings is 1. The molecule has 0 bridgehead atoms. The van der Waals surface area contributed by atoms with Gasteiger partial charge in [-0.05, 0) is 38.0 Å². The second-order valence-electron chi connectivity index (χ2n) is 5.28. The summed E-state index contributed by atoms with van der Waals surface area (Å²) in [4.78, 5) is 14.1. The van der Waals surface area contributed by atoms with Crippen molar-refractivity contribution >= 4 is 5.91 Å². The van der Waals surface area contributed by atoms with Gasteiger partial charge < -0.3 is 19.7 Å². The van der Waals surface area contributed by atoms with Crippen LogP contribution in [0.25, 0.3) is 0 Å². The molecular formula is C17H26N2O3. The molecule has 0 radical (unpaired) electrons. The van der Waals surface area contributed by atoms with Crippen LogP contribution in [-0.2, 0) is 11.2 Å². The Bertz CT molecular complexity index is 485. The van der Waals surface area contributed by atoms with Gasteiger partial charge in [-0.15, -0.1) is 0 Å². The van der Waals surface area contributed by atoms with Crippen molar-refractivity contribution < 1.29 is 14.3 Å². The van der Waals surface area contributed by atoms with Crippen LogP contribution < -0.4 is 14.8 Å². The predicted octanol–water partition coefficient (Wildman–Crippen LogP) is 1.85. The minimum absolute atomic E-state index is 0.230. The first-order valence-corrected chi connectivity index (χ1v) is 8.11. The van der Waals surface area contributed by atoms with Crippen molar-refractivity contribution in [1.82, 2.24) is 10.2 Å². The Morgan fingerprint density at radius 3 is 2.50 bits per heavy atom. The fourth-order valence-electron chi connectivity index (χ4n) is 2.57. The third-order valence-corrected chi connectivity index (χ3v) is 3.71. The maximum Gasteiger partial charge on any atom is 0.222 e. The van der Waals surface area contributed by atoms with Crippen molar-refractivity contribution in [2.75, 3.05) is 39.4 Å². The fourth-order valence-corrected chi connectivity index (χ4v) is 2.57. The highest BCUT2D eigenvalue weighted by Crippen LogP contribution is 2.29. The number of nitrogens with one attached hydrogen (secondary N) is 1. The molecular weight excluding hydrogens is 280 g/mol. The molecule has 0 atom stereocenters. The standard InChI is InChI=1S/C17H26N2O3/c1-3-21-15-7-5-14(13-16(15)22-4-2)6-8-17(20)19-11-9-18-10-12-19/h5,7,13,18H,3-4,6,8-12H2,1-2H3. The Hall–Kier alpha value is -1.75. The summed E-state index contributed by atoms with van der Waals surface area (Å²) in [5, 5.41) is 3.26. The monoisotopic (exact) mass is 306 g/mol. The molecule has 1 aromatic rings. The quantitative estimate of drug-likeness (QED) is 0.835. The summed E-state index contributed by atoms with van der Waals surface area (Å²) < 4.78 is 11.2. The zero-order valence-corrected chi connectivity index (χ0v) is 13.6. The Morgan fingerprint density at radius 1 is 1.14 bits per heavy atom. The van der Waals surface area contributed by atoms with E-state index in [4.69, 9.17) is 9.47 Å². The molecule has 0 saturated carbocycles. The highest BCUT2D eigenvalue weighted by atomic mass is 16.5. The number of carbonyl (C=O) groups is 1. The molecule has 1 aromatic carbocycles. The molecule has 0 aliphatic carbocycles. The number of ether oxygens (including phenoxy) is 2. The number of carbonyl (C=O) groups excluding carboxylic acids is 1. The molecule has 1 aliphatic rings. The van der Waals surface area contributed by atoms with Crippen molar-refractivity contribution in [2.45, 2.75) is 26.7 Å². The summed E-state index contributed by atoms with van der Waals surface area (Å²) in [5.41, 5.74) is 1.11. The molecule has 1 heterocycles. The van der Waals surface area contributed by atoms with E-state index in [2.05, 4.69) is 5.32 Å². The maximum atomic E-state index is 12.2. The summed E-state index contributed by atoms with van der Waals surface area (Å²) in [6.45, 7) is 8.53. The van der Waals surface area contributed by atoms with E-state index >= 15 is 0 Å². The number of hydrogen-bond donors (Lipinski definition) is 1. The van der Waals surface area contributed by atoms with Crippen LogP contribution in [-0.4, -0.2) is 50.2 Å². The van der Waals surface area contributed by atoms with Gasteiger partial charge in [-0.1, -0.05) is 6.07 Å². The van der Waals surface area contributed by atoms with Gasteiger partial charge in [0.2, 0.25) is 5.91 Å². The number of amides is 1. The van der Waals surface area contributed by atoms with Crippen LogP contribution in [0.5, 0.6) is 11.5 Å². The van der Waals surface area contributed by atoms with Gasteiger partial charge in [0.25, 0.3) is 0 Å². The molecule has 1 saturated heterocycles. The number of benzene rings is 1. The van der Waals surface area contributed by atoms with Gasteiger partial charge in [-0.3, -0.25) is 4.79 Å². The van der Waals surface area contributed by atoms with Crippen LogP contribution in [0.1, 0.15) is 25.8 Å². The molecule has 22 heavy (non-hydrogen) atoms. The molecule has 1 fully saturated rings. The minimum atomic E-state index is 0.230. The molecule has 0 unspecified atom stereocenters. The third-order valence-electron chi connectivity index (χ3n) is 3.71. The first kappa shape index (κ1) is 16.6. The largest absolute Gasteiger partial charge is 0.490 e. The van der Waals surface area contributed by atoms with E-state index < -0.39 is 0 Å². The Labute approximate surface area is 132 Å². The van der Waals surface area contributed by atoms with E-state index in [1.54, 1.807) is 0 Å². The van der Waals surface area contributed by atoms with Crippen molar-refractivity contribution in [3.05, 3.63) is 23.8 Å². The molecule has 122 valence electrons. The Morgan fingerprint density at radius 2 is 1.82 bits per heavy atom. The van der Waals surface area contributed by atoms with Crippen LogP contribution in [0.4, 0.5) is 0 Å². The van der Waals surface area contributed by atoms with E-state index in [9.17, 15) is 4.79 Å². The fraction of sp³-hybridized carbons (Fsp3) is 0.588. The lowest BCUT2D eigenvalue weighted by Gasteiger charge is -2.27. The molecule has 1 aliphatic heterocycles. The van der Waals surface area contributed by atoms with Crippen molar-refractivity contribution in [2.24, 2.45) is 0 Å². The summed E-state index contributed by atoms with van der Waals surface area (Å²) in [6.07, 6.45) is 1.27. The Kier molecular flexibility index (Phi) is 6.52. The minimum Gasteiger partial charge on any atom is -0.490 e. The number of hydrogen-bond acceptors (Lipinski definition) is 4. The molecule has 1 N–H and O–H groups in total. The summed E-state index contributed by atoms with van der Waals surface area (Å²) in [5.74, 6) is 1.76. The number of aryl methyl sites for hydroxylation is 1. The lowest BCUT2D eigenvalue weighted by molar-refractivity contribution is -0.131. The number of nitrogens with zero attached hydrogens (tertiary/aromatic N) is 1. The predicted molar refractivity (Wildman–Crippen MR) is 86.6 cm³/mol. The molecule has 2 rings (SSSR count). The second-order valence-corrected chi connectivity index (χ2v) is 5.28. The van der Waals surface area contributed by atoms with Crippen LogP contribution in [0.15, 0.2) is 18.2 Å². The lowest BCUT2D eigenvalue weighted by atomic mass is 10.1. The zero-order chi connectivity index (χ0) is 15.8. The average molecular weight is 306 g/mol. The van der Waals surface area contributed by atoms with Crippen molar-refractivity contribution in [3.63, 3.8) is 0 Å². The first-order chi connectivity index (χ1) is 10.7. The maximum absolute atomic E-state index is 12.2. The van der Waals surface area contributed by atoms with Gasteiger partial charge >= 0.3 is 0 Å². The van der Waals surface area contributed by atoms with Crippen molar-refractivity contribution in [3.8, 4) is 11.5 Å².